The number of carbonyl (C=O) groups is 1. The molecule has 0 fully saturated rings. The fourth-order valence-corrected chi connectivity index (χ4v) is 2.20. The zero-order valence-corrected chi connectivity index (χ0v) is 13.7. The van der Waals surface area contributed by atoms with Crippen molar-refractivity contribution in [2.75, 3.05) is 16.8 Å². The lowest BCUT2D eigenvalue weighted by Gasteiger charge is -2.28. The zero-order chi connectivity index (χ0) is 17.8. The van der Waals surface area contributed by atoms with Crippen LogP contribution in [0.2, 0.25) is 0 Å². The van der Waals surface area contributed by atoms with E-state index in [4.69, 9.17) is 0 Å². The Labute approximate surface area is 134 Å². The summed E-state index contributed by atoms with van der Waals surface area (Å²) >= 11 is 0. The van der Waals surface area contributed by atoms with Crippen LogP contribution >= 0.6 is 0 Å². The molecule has 0 unspecified atom stereocenters. The summed E-state index contributed by atoms with van der Waals surface area (Å²) in [6.07, 6.45) is -5.90. The third-order valence-corrected chi connectivity index (χ3v) is 3.56. The number of hydrogen-bond donors (Lipinski definition) is 2. The number of nitrogens with zero attached hydrogens (tertiary/aromatic N) is 1. The van der Waals surface area contributed by atoms with Crippen LogP contribution in [0.3, 0.4) is 0 Å². The lowest BCUT2D eigenvalue weighted by Crippen LogP contribution is -2.44. The molecule has 0 aliphatic carbocycles. The smallest absolute Gasteiger partial charge is 0.380 e. The Morgan fingerprint density at radius 3 is 2.17 bits per heavy atom. The summed E-state index contributed by atoms with van der Waals surface area (Å²) in [6, 6.07) is 7.14. The fraction of sp³-hybridized carbons (Fsp3) is 0.562. The van der Waals surface area contributed by atoms with Gasteiger partial charge in [0.15, 0.2) is 5.60 Å². The van der Waals surface area contributed by atoms with E-state index in [2.05, 4.69) is 24.1 Å². The second-order valence-corrected chi connectivity index (χ2v) is 5.92. The third kappa shape index (κ3) is 5.13. The lowest BCUT2D eigenvalue weighted by atomic mass is 10.0. The molecule has 1 aromatic rings. The molecule has 0 saturated carbocycles. The Balaban J connectivity index is 2.74. The van der Waals surface area contributed by atoms with Crippen LogP contribution in [0.1, 0.15) is 34.1 Å². The zero-order valence-electron chi connectivity index (χ0n) is 13.7. The summed E-state index contributed by atoms with van der Waals surface area (Å²) in [7, 11) is 0. The fourth-order valence-electron chi connectivity index (χ4n) is 2.20. The highest BCUT2D eigenvalue weighted by atomic mass is 19.4. The first-order chi connectivity index (χ1) is 10.5. The van der Waals surface area contributed by atoms with E-state index in [0.29, 0.717) is 18.7 Å². The number of amides is 1. The minimum absolute atomic E-state index is 0.308. The largest absolute Gasteiger partial charge is 0.417 e. The van der Waals surface area contributed by atoms with Crippen molar-refractivity contribution in [3.8, 4) is 0 Å². The highest BCUT2D eigenvalue weighted by molar-refractivity contribution is 5.91. The molecule has 0 bridgehead atoms. The molecule has 0 aliphatic heterocycles. The molecule has 2 N–H and O–H groups in total. The number of halogens is 3. The number of benzene rings is 1. The quantitative estimate of drug-likeness (QED) is 0.837. The van der Waals surface area contributed by atoms with Gasteiger partial charge in [-0.3, -0.25) is 4.79 Å². The Morgan fingerprint density at radius 2 is 1.78 bits per heavy atom. The second-order valence-electron chi connectivity index (χ2n) is 5.92. The van der Waals surface area contributed by atoms with Crippen molar-refractivity contribution in [1.82, 2.24) is 0 Å². The van der Waals surface area contributed by atoms with Crippen LogP contribution in [0.5, 0.6) is 0 Å². The minimum atomic E-state index is -4.85. The van der Waals surface area contributed by atoms with Crippen LogP contribution in [-0.4, -0.2) is 35.4 Å². The number of anilines is 2. The predicted octanol–water partition coefficient (Wildman–Crippen LogP) is 3.56. The average Bonchev–Trinajstić information content (AvgIpc) is 2.39. The van der Waals surface area contributed by atoms with Crippen molar-refractivity contribution in [3.05, 3.63) is 24.3 Å². The van der Waals surface area contributed by atoms with Gasteiger partial charge >= 0.3 is 6.18 Å². The van der Waals surface area contributed by atoms with E-state index in [1.165, 1.54) is 0 Å². The van der Waals surface area contributed by atoms with Crippen LogP contribution in [0.15, 0.2) is 24.3 Å². The van der Waals surface area contributed by atoms with Crippen molar-refractivity contribution < 1.29 is 23.1 Å². The summed E-state index contributed by atoms with van der Waals surface area (Å²) in [6.45, 7) is 7.53. The van der Waals surface area contributed by atoms with Crippen molar-refractivity contribution in [1.29, 1.82) is 0 Å². The number of rotatable bonds is 6. The van der Waals surface area contributed by atoms with Crippen molar-refractivity contribution in [2.24, 2.45) is 0 Å². The maximum Gasteiger partial charge on any atom is 0.417 e. The number of nitrogens with one attached hydrogen (secondary N) is 1. The van der Waals surface area contributed by atoms with Gasteiger partial charge in [0.05, 0.1) is 6.42 Å². The summed E-state index contributed by atoms with van der Waals surface area (Å²) < 4.78 is 37.7. The van der Waals surface area contributed by atoms with E-state index in [0.717, 1.165) is 12.2 Å². The van der Waals surface area contributed by atoms with E-state index in [9.17, 15) is 23.1 Å². The first kappa shape index (κ1) is 19.3. The molecule has 0 aliphatic rings. The van der Waals surface area contributed by atoms with Gasteiger partial charge in [-0.25, -0.2) is 0 Å². The first-order valence-electron chi connectivity index (χ1n) is 7.43. The second kappa shape index (κ2) is 7.21. The van der Waals surface area contributed by atoms with Gasteiger partial charge in [-0.05, 0) is 52.0 Å². The molecule has 0 aromatic heterocycles. The number of carbonyl (C=O) groups excluding carboxylic acids is 1. The molecule has 130 valence electrons. The Kier molecular flexibility index (Phi) is 6.04. The Morgan fingerprint density at radius 1 is 1.26 bits per heavy atom. The number of alkyl halides is 3. The molecule has 0 heterocycles. The molecular weight excluding hydrogens is 309 g/mol. The molecule has 1 amide bonds. The molecule has 0 spiro atoms. The van der Waals surface area contributed by atoms with Gasteiger partial charge < -0.3 is 15.3 Å². The van der Waals surface area contributed by atoms with E-state index < -0.39 is 24.1 Å². The maximum atomic E-state index is 12.6. The topological polar surface area (TPSA) is 52.6 Å². The maximum absolute atomic E-state index is 12.6. The summed E-state index contributed by atoms with van der Waals surface area (Å²) in [5.74, 6) is -0.892. The van der Waals surface area contributed by atoms with Crippen molar-refractivity contribution >= 4 is 17.3 Å². The molecule has 4 nitrogen and oxygen atoms in total. The van der Waals surface area contributed by atoms with Crippen molar-refractivity contribution in [2.45, 2.75) is 51.9 Å². The molecule has 1 atom stereocenters. The van der Waals surface area contributed by atoms with Gasteiger partial charge in [0.1, 0.15) is 0 Å². The Bertz CT molecular complexity index is 525. The number of hydrogen-bond acceptors (Lipinski definition) is 3. The van der Waals surface area contributed by atoms with Crippen LogP contribution < -0.4 is 10.2 Å². The molecule has 23 heavy (non-hydrogen) atoms. The Hall–Kier alpha value is -1.76. The molecule has 0 radical (unpaired) electrons. The van der Waals surface area contributed by atoms with Crippen LogP contribution in [0, 0.1) is 0 Å². The van der Waals surface area contributed by atoms with Crippen LogP contribution in [0.25, 0.3) is 0 Å². The average molecular weight is 332 g/mol. The highest BCUT2D eigenvalue weighted by Crippen LogP contribution is 2.32. The first-order valence-corrected chi connectivity index (χ1v) is 7.43. The minimum Gasteiger partial charge on any atom is -0.380 e. The molecule has 0 saturated heterocycles. The van der Waals surface area contributed by atoms with E-state index in [1.807, 2.05) is 6.92 Å². The standard InChI is InChI=1S/C16H23F3N2O2/c1-5-21(11(2)3)13-8-6-12(7-9-13)20-14(22)10-15(4,23)16(17,18)19/h6-9,11,23H,5,10H2,1-4H3,(H,20,22)/t15-/m1/s1. The molecule has 1 rings (SSSR count). The highest BCUT2D eigenvalue weighted by Gasteiger charge is 2.50. The lowest BCUT2D eigenvalue weighted by molar-refractivity contribution is -0.252. The molecular formula is C16H23F3N2O2. The predicted molar refractivity (Wildman–Crippen MR) is 84.5 cm³/mol. The van der Waals surface area contributed by atoms with Gasteiger partial charge in [-0.1, -0.05) is 0 Å². The van der Waals surface area contributed by atoms with Crippen LogP contribution in [-0.2, 0) is 4.79 Å². The van der Waals surface area contributed by atoms with Gasteiger partial charge in [-0.15, -0.1) is 0 Å². The molecule has 7 heteroatoms. The summed E-state index contributed by atoms with van der Waals surface area (Å²) in [5.41, 5.74) is -1.70. The summed E-state index contributed by atoms with van der Waals surface area (Å²) in [5, 5.41) is 11.7. The molecule has 1 aromatic carbocycles. The van der Waals surface area contributed by atoms with Crippen molar-refractivity contribution in [3.63, 3.8) is 0 Å². The third-order valence-electron chi connectivity index (χ3n) is 3.56. The van der Waals surface area contributed by atoms with Gasteiger partial charge in [0.2, 0.25) is 5.91 Å². The van der Waals surface area contributed by atoms with E-state index in [-0.39, 0.29) is 0 Å². The van der Waals surface area contributed by atoms with Gasteiger partial charge in [0.25, 0.3) is 0 Å². The summed E-state index contributed by atoms with van der Waals surface area (Å²) in [4.78, 5) is 13.8. The normalized spacial score (nSPS) is 14.5. The number of aliphatic hydroxyl groups is 1. The SMILES string of the molecule is CCN(c1ccc(NC(=O)C[C@@](C)(O)C(F)(F)F)cc1)C(C)C. The van der Waals surface area contributed by atoms with Gasteiger partial charge in [0, 0.05) is 24.0 Å². The van der Waals surface area contributed by atoms with Gasteiger partial charge in [-0.2, -0.15) is 13.2 Å². The monoisotopic (exact) mass is 332 g/mol. The van der Waals surface area contributed by atoms with E-state index >= 15 is 0 Å². The van der Waals surface area contributed by atoms with Crippen LogP contribution in [0.4, 0.5) is 24.5 Å². The van der Waals surface area contributed by atoms with E-state index in [1.54, 1.807) is 24.3 Å².